The van der Waals surface area contributed by atoms with Crippen molar-refractivity contribution < 1.29 is 0 Å². The van der Waals surface area contributed by atoms with Gasteiger partial charge < -0.3 is 5.32 Å². The van der Waals surface area contributed by atoms with E-state index < -0.39 is 0 Å². The Balaban J connectivity index is 1.93. The van der Waals surface area contributed by atoms with Crippen LogP contribution >= 0.6 is 0 Å². The zero-order valence-corrected chi connectivity index (χ0v) is 10.3. The second-order valence-corrected chi connectivity index (χ2v) is 4.85. The lowest BCUT2D eigenvalue weighted by molar-refractivity contribution is 0.504. The van der Waals surface area contributed by atoms with Gasteiger partial charge in [-0.1, -0.05) is 43.2 Å². The van der Waals surface area contributed by atoms with Gasteiger partial charge in [-0.25, -0.2) is 9.97 Å². The van der Waals surface area contributed by atoms with Crippen LogP contribution in [-0.2, 0) is 5.54 Å². The molecule has 1 N–H and O–H groups in total. The monoisotopic (exact) mass is 239 g/mol. The normalized spacial score (nSPS) is 17.6. The largest absolute Gasteiger partial charge is 0.345 e. The van der Waals surface area contributed by atoms with Crippen molar-refractivity contribution in [2.75, 3.05) is 5.32 Å². The van der Waals surface area contributed by atoms with Gasteiger partial charge >= 0.3 is 0 Å². The summed E-state index contributed by atoms with van der Waals surface area (Å²) in [6.45, 7) is 0. The summed E-state index contributed by atoms with van der Waals surface area (Å²) in [6.07, 6.45) is 8.37. The first-order valence-corrected chi connectivity index (χ1v) is 6.50. The van der Waals surface area contributed by atoms with Crippen LogP contribution in [0.15, 0.2) is 48.8 Å². The highest BCUT2D eigenvalue weighted by Crippen LogP contribution is 2.40. The Hall–Kier alpha value is -1.90. The molecule has 3 heteroatoms. The molecule has 0 saturated heterocycles. The lowest BCUT2D eigenvalue weighted by atomic mass is 9.88. The quantitative estimate of drug-likeness (QED) is 0.892. The SMILES string of the molecule is c1ccc(C2(Nc3ncccn3)CCCC2)cc1. The molecular formula is C15H17N3. The van der Waals surface area contributed by atoms with Crippen LogP contribution in [0.3, 0.4) is 0 Å². The Labute approximate surface area is 107 Å². The standard InChI is InChI=1S/C15H17N3/c1-2-7-13(8-3-1)15(9-4-5-10-15)18-14-16-11-6-12-17-14/h1-3,6-8,11-12H,4-5,9-10H2,(H,16,17,18). The molecular weight excluding hydrogens is 222 g/mol. The van der Waals surface area contributed by atoms with Gasteiger partial charge in [-0.2, -0.15) is 0 Å². The Kier molecular flexibility index (Phi) is 2.97. The Morgan fingerprint density at radius 2 is 1.56 bits per heavy atom. The molecule has 1 aromatic heterocycles. The second kappa shape index (κ2) is 4.77. The van der Waals surface area contributed by atoms with E-state index in [0.717, 1.165) is 18.8 Å². The van der Waals surface area contributed by atoms with Crippen molar-refractivity contribution in [2.45, 2.75) is 31.2 Å². The lowest BCUT2D eigenvalue weighted by Gasteiger charge is -2.31. The van der Waals surface area contributed by atoms with Crippen molar-refractivity contribution in [3.63, 3.8) is 0 Å². The maximum absolute atomic E-state index is 4.29. The molecule has 1 fully saturated rings. The van der Waals surface area contributed by atoms with Crippen LogP contribution in [0.4, 0.5) is 5.95 Å². The number of nitrogens with one attached hydrogen (secondary N) is 1. The van der Waals surface area contributed by atoms with E-state index >= 15 is 0 Å². The summed E-state index contributed by atoms with van der Waals surface area (Å²) in [5, 5.41) is 3.55. The fourth-order valence-corrected chi connectivity index (χ4v) is 2.80. The van der Waals surface area contributed by atoms with Crippen LogP contribution < -0.4 is 5.32 Å². The lowest BCUT2D eigenvalue weighted by Crippen LogP contribution is -2.32. The number of aromatic nitrogens is 2. The third-order valence-corrected chi connectivity index (χ3v) is 3.70. The number of hydrogen-bond acceptors (Lipinski definition) is 3. The zero-order chi connectivity index (χ0) is 12.3. The third-order valence-electron chi connectivity index (χ3n) is 3.70. The summed E-state index contributed by atoms with van der Waals surface area (Å²) in [7, 11) is 0. The van der Waals surface area contributed by atoms with E-state index in [1.807, 2.05) is 6.07 Å². The average molecular weight is 239 g/mol. The van der Waals surface area contributed by atoms with Gasteiger partial charge in [0.25, 0.3) is 0 Å². The summed E-state index contributed by atoms with van der Waals surface area (Å²) < 4.78 is 0. The summed E-state index contributed by atoms with van der Waals surface area (Å²) in [5.41, 5.74) is 1.36. The fraction of sp³-hybridized carbons (Fsp3) is 0.333. The highest BCUT2D eigenvalue weighted by molar-refractivity contribution is 5.37. The van der Waals surface area contributed by atoms with Gasteiger partial charge in [0.1, 0.15) is 0 Å². The van der Waals surface area contributed by atoms with Crippen molar-refractivity contribution in [3.8, 4) is 0 Å². The van der Waals surface area contributed by atoms with Gasteiger partial charge in [0.2, 0.25) is 5.95 Å². The summed E-state index contributed by atoms with van der Waals surface area (Å²) in [5.74, 6) is 0.725. The van der Waals surface area contributed by atoms with Gasteiger partial charge in [0.05, 0.1) is 5.54 Å². The highest BCUT2D eigenvalue weighted by atomic mass is 15.1. The topological polar surface area (TPSA) is 37.8 Å². The van der Waals surface area contributed by atoms with Crippen LogP contribution in [0.1, 0.15) is 31.2 Å². The number of anilines is 1. The molecule has 0 spiro atoms. The van der Waals surface area contributed by atoms with Crippen LogP contribution in [0.25, 0.3) is 0 Å². The van der Waals surface area contributed by atoms with Crippen molar-refractivity contribution in [1.82, 2.24) is 9.97 Å². The Morgan fingerprint density at radius 3 is 2.22 bits per heavy atom. The molecule has 0 atom stereocenters. The van der Waals surface area contributed by atoms with E-state index in [1.165, 1.54) is 18.4 Å². The number of hydrogen-bond donors (Lipinski definition) is 1. The molecule has 92 valence electrons. The van der Waals surface area contributed by atoms with Crippen molar-refractivity contribution in [1.29, 1.82) is 0 Å². The van der Waals surface area contributed by atoms with E-state index in [4.69, 9.17) is 0 Å². The predicted octanol–water partition coefficient (Wildman–Crippen LogP) is 3.36. The van der Waals surface area contributed by atoms with Crippen LogP contribution in [0.5, 0.6) is 0 Å². The molecule has 0 aliphatic heterocycles. The minimum absolute atomic E-state index is 0.0165. The molecule has 1 aliphatic rings. The molecule has 3 nitrogen and oxygen atoms in total. The minimum Gasteiger partial charge on any atom is -0.345 e. The van der Waals surface area contributed by atoms with Gasteiger partial charge in [-0.15, -0.1) is 0 Å². The van der Waals surface area contributed by atoms with Gasteiger partial charge in [0.15, 0.2) is 0 Å². The number of nitrogens with zero attached hydrogens (tertiary/aromatic N) is 2. The second-order valence-electron chi connectivity index (χ2n) is 4.85. The fourth-order valence-electron chi connectivity index (χ4n) is 2.80. The molecule has 1 saturated carbocycles. The van der Waals surface area contributed by atoms with E-state index in [9.17, 15) is 0 Å². The molecule has 1 aromatic carbocycles. The first-order valence-electron chi connectivity index (χ1n) is 6.50. The van der Waals surface area contributed by atoms with Crippen LogP contribution in [0.2, 0.25) is 0 Å². The Morgan fingerprint density at radius 1 is 0.889 bits per heavy atom. The molecule has 1 heterocycles. The van der Waals surface area contributed by atoms with Crippen LogP contribution in [0, 0.1) is 0 Å². The van der Waals surface area contributed by atoms with E-state index in [1.54, 1.807) is 12.4 Å². The van der Waals surface area contributed by atoms with Crippen molar-refractivity contribution >= 4 is 5.95 Å². The van der Waals surface area contributed by atoms with E-state index in [-0.39, 0.29) is 5.54 Å². The van der Waals surface area contributed by atoms with Crippen LogP contribution in [-0.4, -0.2) is 9.97 Å². The molecule has 0 unspecified atom stereocenters. The van der Waals surface area contributed by atoms with E-state index in [2.05, 4.69) is 45.6 Å². The maximum atomic E-state index is 4.29. The first-order chi connectivity index (χ1) is 8.89. The van der Waals surface area contributed by atoms with E-state index in [0.29, 0.717) is 0 Å². The van der Waals surface area contributed by atoms with Gasteiger partial charge in [-0.05, 0) is 24.5 Å². The summed E-state index contributed by atoms with van der Waals surface area (Å²) >= 11 is 0. The molecule has 0 bridgehead atoms. The molecule has 2 aromatic rings. The minimum atomic E-state index is 0.0165. The zero-order valence-electron chi connectivity index (χ0n) is 10.3. The highest BCUT2D eigenvalue weighted by Gasteiger charge is 2.35. The first kappa shape index (κ1) is 11.2. The molecule has 0 radical (unpaired) electrons. The summed E-state index contributed by atoms with van der Waals surface area (Å²) in [6, 6.07) is 12.5. The predicted molar refractivity (Wildman–Crippen MR) is 72.2 cm³/mol. The molecule has 3 rings (SSSR count). The number of rotatable bonds is 3. The third kappa shape index (κ3) is 2.08. The van der Waals surface area contributed by atoms with Gasteiger partial charge in [0, 0.05) is 12.4 Å². The van der Waals surface area contributed by atoms with Crippen molar-refractivity contribution in [2.24, 2.45) is 0 Å². The van der Waals surface area contributed by atoms with Gasteiger partial charge in [-0.3, -0.25) is 0 Å². The van der Waals surface area contributed by atoms with Crippen molar-refractivity contribution in [3.05, 3.63) is 54.4 Å². The number of benzene rings is 1. The Bertz CT molecular complexity index is 490. The molecule has 18 heavy (non-hydrogen) atoms. The molecule has 0 amide bonds. The smallest absolute Gasteiger partial charge is 0.223 e. The molecule has 1 aliphatic carbocycles. The summed E-state index contributed by atoms with van der Waals surface area (Å²) in [4.78, 5) is 8.58. The average Bonchev–Trinajstić information content (AvgIpc) is 2.91. The maximum Gasteiger partial charge on any atom is 0.223 e.